The maximum Gasteiger partial charge on any atom is 0.0992 e. The van der Waals surface area contributed by atoms with Gasteiger partial charge < -0.3 is 0 Å². The summed E-state index contributed by atoms with van der Waals surface area (Å²) in [5.74, 6) is 0. The van der Waals surface area contributed by atoms with Gasteiger partial charge in [0.25, 0.3) is 0 Å². The molecule has 0 atom stereocenters. The summed E-state index contributed by atoms with van der Waals surface area (Å²) < 4.78 is 1.92. The van der Waals surface area contributed by atoms with E-state index in [4.69, 9.17) is 5.26 Å². The molecule has 0 heterocycles. The number of nitrogens with zero attached hydrogens (tertiary/aromatic N) is 1. The molecule has 0 aliphatic rings. The van der Waals surface area contributed by atoms with Crippen LogP contribution in [0.3, 0.4) is 0 Å². The molecule has 0 bridgehead atoms. The fraction of sp³-hybridized carbons (Fsp3) is 0.125. The maximum atomic E-state index is 8.59. The summed E-state index contributed by atoms with van der Waals surface area (Å²) in [7, 11) is 0. The molecule has 11 heavy (non-hydrogen) atoms. The van der Waals surface area contributed by atoms with E-state index >= 15 is 0 Å². The lowest BCUT2D eigenvalue weighted by Crippen LogP contribution is -1.81. The molecule has 1 rings (SSSR count). The van der Waals surface area contributed by atoms with Crippen molar-refractivity contribution >= 4 is 31.9 Å². The van der Waals surface area contributed by atoms with E-state index in [1.807, 2.05) is 6.92 Å². The third-order valence-corrected chi connectivity index (χ3v) is 3.06. The predicted molar refractivity (Wildman–Crippen MR) is 51.3 cm³/mol. The summed E-state index contributed by atoms with van der Waals surface area (Å²) in [5.41, 5.74) is 1.78. The van der Waals surface area contributed by atoms with Crippen molar-refractivity contribution in [3.63, 3.8) is 0 Å². The van der Waals surface area contributed by atoms with Crippen LogP contribution in [0.2, 0.25) is 0 Å². The fourth-order valence-electron chi connectivity index (χ4n) is 0.710. The second-order valence-corrected chi connectivity index (χ2v) is 3.89. The van der Waals surface area contributed by atoms with Crippen molar-refractivity contribution in [1.29, 1.82) is 5.26 Å². The van der Waals surface area contributed by atoms with Gasteiger partial charge in [-0.1, -0.05) is 31.9 Å². The van der Waals surface area contributed by atoms with Crippen molar-refractivity contribution in [1.82, 2.24) is 0 Å². The van der Waals surface area contributed by atoms with Gasteiger partial charge in [-0.2, -0.15) is 5.26 Å². The predicted octanol–water partition coefficient (Wildman–Crippen LogP) is 3.39. The quantitative estimate of drug-likeness (QED) is 0.711. The van der Waals surface area contributed by atoms with Crippen LogP contribution in [0, 0.1) is 18.3 Å². The first-order valence-electron chi connectivity index (χ1n) is 3.01. The molecule has 0 saturated carbocycles. The van der Waals surface area contributed by atoms with Crippen LogP contribution in [0.25, 0.3) is 0 Å². The Bertz CT molecular complexity index is 302. The minimum absolute atomic E-state index is 0.661. The molecule has 0 spiro atoms. The monoisotopic (exact) mass is 273 g/mol. The van der Waals surface area contributed by atoms with Crippen LogP contribution in [0.4, 0.5) is 0 Å². The van der Waals surface area contributed by atoms with E-state index in [9.17, 15) is 0 Å². The van der Waals surface area contributed by atoms with E-state index in [1.54, 1.807) is 12.1 Å². The summed E-state index contributed by atoms with van der Waals surface area (Å²) in [5, 5.41) is 8.59. The molecule has 1 nitrogen and oxygen atoms in total. The third-order valence-electron chi connectivity index (χ3n) is 1.41. The first-order chi connectivity index (χ1) is 5.15. The van der Waals surface area contributed by atoms with E-state index < -0.39 is 0 Å². The number of hydrogen-bond donors (Lipinski definition) is 0. The van der Waals surface area contributed by atoms with Crippen molar-refractivity contribution in [3.8, 4) is 6.07 Å². The molecule has 3 heteroatoms. The molecule has 1 aromatic rings. The molecule has 56 valence electrons. The van der Waals surface area contributed by atoms with Gasteiger partial charge >= 0.3 is 0 Å². The Kier molecular flexibility index (Phi) is 2.69. The van der Waals surface area contributed by atoms with Crippen molar-refractivity contribution in [2.45, 2.75) is 6.92 Å². The van der Waals surface area contributed by atoms with Gasteiger partial charge in [0.05, 0.1) is 11.6 Å². The second kappa shape index (κ2) is 3.38. The molecular weight excluding hydrogens is 270 g/mol. The highest BCUT2D eigenvalue weighted by molar-refractivity contribution is 9.11. The second-order valence-electron chi connectivity index (χ2n) is 2.18. The third kappa shape index (κ3) is 1.82. The number of nitriles is 1. The molecular formula is C8H5Br2N. The maximum absolute atomic E-state index is 8.59. The van der Waals surface area contributed by atoms with Gasteiger partial charge in [-0.3, -0.25) is 0 Å². The Balaban J connectivity index is 3.35. The van der Waals surface area contributed by atoms with Gasteiger partial charge in [-0.15, -0.1) is 0 Å². The zero-order chi connectivity index (χ0) is 8.43. The number of hydrogen-bond acceptors (Lipinski definition) is 1. The van der Waals surface area contributed by atoms with Crippen LogP contribution >= 0.6 is 31.9 Å². The summed E-state index contributed by atoms with van der Waals surface area (Å²) in [6.07, 6.45) is 0. The summed E-state index contributed by atoms with van der Waals surface area (Å²) in [4.78, 5) is 0. The largest absolute Gasteiger partial charge is 0.192 e. The van der Waals surface area contributed by atoms with E-state index in [1.165, 1.54) is 0 Å². The Morgan fingerprint density at radius 3 is 2.09 bits per heavy atom. The van der Waals surface area contributed by atoms with E-state index in [0.717, 1.165) is 14.5 Å². The minimum atomic E-state index is 0.661. The van der Waals surface area contributed by atoms with Crippen LogP contribution in [0.5, 0.6) is 0 Å². The molecule has 0 fully saturated rings. The lowest BCUT2D eigenvalue weighted by molar-refractivity contribution is 1.37. The van der Waals surface area contributed by atoms with Gasteiger partial charge in [0.1, 0.15) is 0 Å². The molecule has 1 aromatic carbocycles. The Hall–Kier alpha value is -0.330. The van der Waals surface area contributed by atoms with E-state index in [-0.39, 0.29) is 0 Å². The van der Waals surface area contributed by atoms with Gasteiger partial charge in [0.2, 0.25) is 0 Å². The van der Waals surface area contributed by atoms with Gasteiger partial charge in [0.15, 0.2) is 0 Å². The van der Waals surface area contributed by atoms with Crippen molar-refractivity contribution in [3.05, 3.63) is 32.2 Å². The highest BCUT2D eigenvalue weighted by Crippen LogP contribution is 2.25. The number of rotatable bonds is 0. The normalized spacial score (nSPS) is 9.27. The average Bonchev–Trinajstić information content (AvgIpc) is 1.99. The van der Waals surface area contributed by atoms with E-state index in [0.29, 0.717) is 5.56 Å². The van der Waals surface area contributed by atoms with Crippen LogP contribution in [0.15, 0.2) is 21.1 Å². The molecule has 0 aliphatic carbocycles. The van der Waals surface area contributed by atoms with Crippen LogP contribution in [0.1, 0.15) is 11.1 Å². The molecule has 0 aliphatic heterocycles. The van der Waals surface area contributed by atoms with Gasteiger partial charge in [-0.05, 0) is 24.6 Å². The van der Waals surface area contributed by atoms with Crippen molar-refractivity contribution in [2.75, 3.05) is 0 Å². The highest BCUT2D eigenvalue weighted by Gasteiger charge is 2.01. The van der Waals surface area contributed by atoms with Gasteiger partial charge in [0, 0.05) is 8.95 Å². The van der Waals surface area contributed by atoms with Crippen LogP contribution in [-0.2, 0) is 0 Å². The van der Waals surface area contributed by atoms with Gasteiger partial charge in [-0.25, -0.2) is 0 Å². The molecule has 0 aromatic heterocycles. The first kappa shape index (κ1) is 8.76. The van der Waals surface area contributed by atoms with Crippen molar-refractivity contribution < 1.29 is 0 Å². The highest BCUT2D eigenvalue weighted by atomic mass is 79.9. The molecule has 0 N–H and O–H groups in total. The smallest absolute Gasteiger partial charge is 0.0992 e. The summed E-state index contributed by atoms with van der Waals surface area (Å²) >= 11 is 6.71. The van der Waals surface area contributed by atoms with Crippen LogP contribution < -0.4 is 0 Å². The Morgan fingerprint density at radius 2 is 1.73 bits per heavy atom. The van der Waals surface area contributed by atoms with Crippen molar-refractivity contribution in [2.24, 2.45) is 0 Å². The lowest BCUT2D eigenvalue weighted by Gasteiger charge is -2.00. The number of halogens is 2. The molecule has 0 radical (unpaired) electrons. The van der Waals surface area contributed by atoms with E-state index in [2.05, 4.69) is 37.9 Å². The SMILES string of the molecule is Cc1c(Br)cc(C#N)cc1Br. The molecule has 0 unspecified atom stereocenters. The standard InChI is InChI=1S/C8H5Br2N/c1-5-7(9)2-6(4-11)3-8(5)10/h2-3H,1H3. The number of benzene rings is 1. The fourth-order valence-corrected chi connectivity index (χ4v) is 1.90. The lowest BCUT2D eigenvalue weighted by atomic mass is 10.2. The molecule has 0 saturated heterocycles. The Labute approximate surface area is 82.3 Å². The minimum Gasteiger partial charge on any atom is -0.192 e. The van der Waals surface area contributed by atoms with Crippen LogP contribution in [-0.4, -0.2) is 0 Å². The summed E-state index contributed by atoms with van der Waals surface area (Å²) in [6.45, 7) is 1.98. The average molecular weight is 275 g/mol. The topological polar surface area (TPSA) is 23.8 Å². The molecule has 0 amide bonds. The first-order valence-corrected chi connectivity index (χ1v) is 4.59. The zero-order valence-electron chi connectivity index (χ0n) is 5.86. The Morgan fingerprint density at radius 1 is 1.27 bits per heavy atom. The summed E-state index contributed by atoms with van der Waals surface area (Å²) in [6, 6.07) is 5.69. The zero-order valence-corrected chi connectivity index (χ0v) is 9.03.